The van der Waals surface area contributed by atoms with E-state index in [4.69, 9.17) is 0 Å². The van der Waals surface area contributed by atoms with Crippen molar-refractivity contribution in [2.45, 2.75) is 18.4 Å². The molecule has 5 nitrogen and oxygen atoms in total. The van der Waals surface area contributed by atoms with Crippen LogP contribution in [0.5, 0.6) is 0 Å². The normalized spacial score (nSPS) is 18.8. The molecule has 0 saturated carbocycles. The van der Waals surface area contributed by atoms with Crippen LogP contribution in [0.15, 0.2) is 11.0 Å². The van der Waals surface area contributed by atoms with Crippen LogP contribution in [0.1, 0.15) is 9.75 Å². The van der Waals surface area contributed by atoms with Gasteiger partial charge in [0, 0.05) is 51.7 Å². The van der Waals surface area contributed by atoms with Gasteiger partial charge in [-0.05, 0) is 20.0 Å². The van der Waals surface area contributed by atoms with Gasteiger partial charge in [-0.25, -0.2) is 8.42 Å². The highest BCUT2D eigenvalue weighted by Gasteiger charge is 2.30. The number of sulfonamides is 1. The molecule has 0 aromatic carbocycles. The van der Waals surface area contributed by atoms with E-state index in [0.717, 1.165) is 9.75 Å². The minimum Gasteiger partial charge on any atom is -0.315 e. The first-order chi connectivity index (χ1) is 8.95. The fourth-order valence-electron chi connectivity index (χ4n) is 2.04. The van der Waals surface area contributed by atoms with Gasteiger partial charge in [-0.2, -0.15) is 4.31 Å². The Balaban J connectivity index is 2.26. The lowest BCUT2D eigenvalue weighted by Crippen LogP contribution is -2.41. The molecule has 1 N–H and O–H groups in total. The maximum Gasteiger partial charge on any atom is 0.244 e. The molecule has 1 aliphatic rings. The highest BCUT2D eigenvalue weighted by molar-refractivity contribution is 7.89. The highest BCUT2D eigenvalue weighted by Crippen LogP contribution is 2.28. The molecular formula is C11H18N2O3S3. The van der Waals surface area contributed by atoms with Gasteiger partial charge >= 0.3 is 0 Å². The number of nitrogens with one attached hydrogen (secondary N) is 1. The molecule has 0 amide bonds. The van der Waals surface area contributed by atoms with Gasteiger partial charge in [0.25, 0.3) is 0 Å². The first kappa shape index (κ1) is 15.1. The van der Waals surface area contributed by atoms with Gasteiger partial charge in [-0.3, -0.25) is 4.21 Å². The van der Waals surface area contributed by atoms with Crippen LogP contribution in [-0.2, 0) is 27.4 Å². The fraction of sp³-hybridized carbons (Fsp3) is 0.636. The van der Waals surface area contributed by atoms with Crippen molar-refractivity contribution < 1.29 is 12.6 Å². The summed E-state index contributed by atoms with van der Waals surface area (Å²) < 4.78 is 37.9. The van der Waals surface area contributed by atoms with Gasteiger partial charge in [0.15, 0.2) is 0 Å². The molecule has 8 heteroatoms. The minimum absolute atomic E-state index is 0.353. The maximum atomic E-state index is 12.5. The molecule has 2 heterocycles. The predicted molar refractivity (Wildman–Crippen MR) is 78.5 cm³/mol. The summed E-state index contributed by atoms with van der Waals surface area (Å²) in [5, 5.41) is 3.02. The number of nitrogens with zero attached hydrogens (tertiary/aromatic N) is 1. The monoisotopic (exact) mass is 322 g/mol. The van der Waals surface area contributed by atoms with E-state index in [1.807, 2.05) is 14.0 Å². The van der Waals surface area contributed by atoms with E-state index in [-0.39, 0.29) is 0 Å². The Morgan fingerprint density at radius 3 is 2.63 bits per heavy atom. The van der Waals surface area contributed by atoms with Gasteiger partial charge in [0.2, 0.25) is 10.0 Å². The van der Waals surface area contributed by atoms with Crippen LogP contribution in [0.3, 0.4) is 0 Å². The molecule has 1 aromatic rings. The standard InChI is InChI=1S/C11H18N2O3S3/c1-9-11(7-10(17-9)8-12-2)19(15,16)13-3-5-18(14)6-4-13/h7,12H,3-6,8H2,1-2H3. The summed E-state index contributed by atoms with van der Waals surface area (Å²) in [5.74, 6) is 0.873. The second kappa shape index (κ2) is 6.01. The van der Waals surface area contributed by atoms with Crippen molar-refractivity contribution in [3.8, 4) is 0 Å². The number of thiophene rings is 1. The molecule has 1 aliphatic heterocycles. The Kier molecular flexibility index (Phi) is 4.78. The lowest BCUT2D eigenvalue weighted by molar-refractivity contribution is 0.438. The van der Waals surface area contributed by atoms with Crippen molar-refractivity contribution in [1.29, 1.82) is 0 Å². The van der Waals surface area contributed by atoms with Crippen LogP contribution >= 0.6 is 11.3 Å². The average molecular weight is 322 g/mol. The molecule has 0 unspecified atom stereocenters. The number of rotatable bonds is 4. The van der Waals surface area contributed by atoms with Gasteiger partial charge in [-0.15, -0.1) is 11.3 Å². The number of hydrogen-bond acceptors (Lipinski definition) is 5. The summed E-state index contributed by atoms with van der Waals surface area (Å²) in [4.78, 5) is 2.23. The summed E-state index contributed by atoms with van der Waals surface area (Å²) in [7, 11) is -2.46. The second-order valence-electron chi connectivity index (χ2n) is 4.42. The van der Waals surface area contributed by atoms with E-state index in [1.54, 1.807) is 6.07 Å². The van der Waals surface area contributed by atoms with Gasteiger partial charge in [0.05, 0.1) is 4.90 Å². The smallest absolute Gasteiger partial charge is 0.244 e. The summed E-state index contributed by atoms with van der Waals surface area (Å²) in [6, 6.07) is 1.75. The summed E-state index contributed by atoms with van der Waals surface area (Å²) in [6.45, 7) is 3.21. The molecular weight excluding hydrogens is 304 g/mol. The summed E-state index contributed by atoms with van der Waals surface area (Å²) in [6.07, 6.45) is 0. The Labute approximate surface area is 120 Å². The van der Waals surface area contributed by atoms with Crippen molar-refractivity contribution in [1.82, 2.24) is 9.62 Å². The Morgan fingerprint density at radius 2 is 2.05 bits per heavy atom. The Morgan fingerprint density at radius 1 is 1.42 bits per heavy atom. The highest BCUT2D eigenvalue weighted by atomic mass is 32.2. The van der Waals surface area contributed by atoms with Gasteiger partial charge in [0.1, 0.15) is 0 Å². The van der Waals surface area contributed by atoms with E-state index in [1.165, 1.54) is 15.6 Å². The van der Waals surface area contributed by atoms with E-state index in [9.17, 15) is 12.6 Å². The lowest BCUT2D eigenvalue weighted by atomic mass is 10.4. The van der Waals surface area contributed by atoms with Crippen LogP contribution in [0.2, 0.25) is 0 Å². The van der Waals surface area contributed by atoms with Crippen LogP contribution in [-0.4, -0.2) is 48.6 Å². The molecule has 1 aromatic heterocycles. The Hall–Kier alpha value is -0.280. The molecule has 0 bridgehead atoms. The Bertz CT molecular complexity index is 570. The van der Waals surface area contributed by atoms with Crippen molar-refractivity contribution >= 4 is 32.2 Å². The first-order valence-electron chi connectivity index (χ1n) is 6.04. The molecule has 0 spiro atoms. The SMILES string of the molecule is CNCc1cc(S(=O)(=O)N2CCS(=O)CC2)c(C)s1. The maximum absolute atomic E-state index is 12.5. The minimum atomic E-state index is -3.43. The molecule has 108 valence electrons. The molecule has 0 radical (unpaired) electrons. The predicted octanol–water partition coefficient (Wildman–Crippen LogP) is 0.529. The van der Waals surface area contributed by atoms with E-state index in [2.05, 4.69) is 5.32 Å². The summed E-state index contributed by atoms with van der Waals surface area (Å²) in [5.41, 5.74) is 0. The van der Waals surface area contributed by atoms with Crippen molar-refractivity contribution in [3.63, 3.8) is 0 Å². The molecule has 19 heavy (non-hydrogen) atoms. The average Bonchev–Trinajstić information content (AvgIpc) is 2.72. The number of aryl methyl sites for hydroxylation is 1. The van der Waals surface area contributed by atoms with Crippen LogP contribution < -0.4 is 5.32 Å². The van der Waals surface area contributed by atoms with Gasteiger partial charge < -0.3 is 5.32 Å². The van der Waals surface area contributed by atoms with Crippen molar-refractivity contribution in [3.05, 3.63) is 15.8 Å². The third kappa shape index (κ3) is 3.25. The van der Waals surface area contributed by atoms with Crippen LogP contribution in [0.25, 0.3) is 0 Å². The lowest BCUT2D eigenvalue weighted by Gasteiger charge is -2.25. The molecule has 1 fully saturated rings. The molecule has 0 aliphatic carbocycles. The van der Waals surface area contributed by atoms with E-state index in [0.29, 0.717) is 36.0 Å². The van der Waals surface area contributed by atoms with Crippen LogP contribution in [0.4, 0.5) is 0 Å². The molecule has 2 rings (SSSR count). The largest absolute Gasteiger partial charge is 0.315 e. The first-order valence-corrected chi connectivity index (χ1v) is 9.78. The zero-order chi connectivity index (χ0) is 14.0. The van der Waals surface area contributed by atoms with Crippen molar-refractivity contribution in [2.75, 3.05) is 31.6 Å². The third-order valence-corrected chi connectivity index (χ3v) is 7.51. The van der Waals surface area contributed by atoms with Crippen molar-refractivity contribution in [2.24, 2.45) is 0 Å². The summed E-state index contributed by atoms with van der Waals surface area (Å²) >= 11 is 1.50. The molecule has 1 saturated heterocycles. The zero-order valence-electron chi connectivity index (χ0n) is 11.0. The van der Waals surface area contributed by atoms with E-state index < -0.39 is 20.8 Å². The van der Waals surface area contributed by atoms with Gasteiger partial charge in [-0.1, -0.05) is 0 Å². The quantitative estimate of drug-likeness (QED) is 0.878. The van der Waals surface area contributed by atoms with E-state index >= 15 is 0 Å². The van der Waals surface area contributed by atoms with Crippen LogP contribution in [0, 0.1) is 6.92 Å². The molecule has 0 atom stereocenters. The fourth-order valence-corrected chi connectivity index (χ4v) is 6.38. The topological polar surface area (TPSA) is 66.5 Å². The second-order valence-corrected chi connectivity index (χ2v) is 9.36. The zero-order valence-corrected chi connectivity index (χ0v) is 13.5. The third-order valence-electron chi connectivity index (χ3n) is 3.03. The number of hydrogen-bond donors (Lipinski definition) is 1.